The number of halogens is 1. The molecule has 5 heteroatoms. The number of benzene rings is 1. The third kappa shape index (κ3) is 4.01. The van der Waals surface area contributed by atoms with Gasteiger partial charge in [0.2, 0.25) is 0 Å². The molecule has 100 valence electrons. The highest BCUT2D eigenvalue weighted by Crippen LogP contribution is 2.26. The Morgan fingerprint density at radius 3 is 2.63 bits per heavy atom. The van der Waals surface area contributed by atoms with Crippen molar-refractivity contribution in [3.63, 3.8) is 0 Å². The number of nitrogens with zero attached hydrogens (tertiary/aromatic N) is 2. The van der Waals surface area contributed by atoms with Crippen molar-refractivity contribution in [1.82, 2.24) is 9.97 Å². The Hall–Kier alpha value is -1.46. The summed E-state index contributed by atoms with van der Waals surface area (Å²) in [5, 5.41) is 0. The molecule has 0 bridgehead atoms. The van der Waals surface area contributed by atoms with Crippen LogP contribution in [0, 0.1) is 6.92 Å². The quantitative estimate of drug-likeness (QED) is 0.939. The monoisotopic (exact) mass is 321 g/mol. The fourth-order valence-corrected chi connectivity index (χ4v) is 2.00. The lowest BCUT2D eigenvalue weighted by atomic mass is 10.1. The molecule has 4 nitrogen and oxygen atoms in total. The van der Waals surface area contributed by atoms with Crippen molar-refractivity contribution in [2.24, 2.45) is 5.73 Å². The lowest BCUT2D eigenvalue weighted by Gasteiger charge is -2.08. The molecule has 1 atom stereocenters. The van der Waals surface area contributed by atoms with Crippen LogP contribution < -0.4 is 10.5 Å². The Morgan fingerprint density at radius 2 is 2.00 bits per heavy atom. The van der Waals surface area contributed by atoms with Crippen molar-refractivity contribution in [2.75, 3.05) is 0 Å². The van der Waals surface area contributed by atoms with Gasteiger partial charge in [-0.2, -0.15) is 0 Å². The molecule has 19 heavy (non-hydrogen) atoms. The molecule has 1 aromatic carbocycles. The first-order valence-corrected chi connectivity index (χ1v) is 6.84. The van der Waals surface area contributed by atoms with E-state index in [2.05, 4.69) is 25.9 Å². The molecule has 0 saturated carbocycles. The van der Waals surface area contributed by atoms with Gasteiger partial charge in [-0.25, -0.2) is 9.97 Å². The highest BCUT2D eigenvalue weighted by molar-refractivity contribution is 9.10. The summed E-state index contributed by atoms with van der Waals surface area (Å²) in [5.74, 6) is 0.745. The number of aromatic nitrogens is 2. The van der Waals surface area contributed by atoms with Crippen molar-refractivity contribution in [1.29, 1.82) is 0 Å². The first-order valence-electron chi connectivity index (χ1n) is 6.05. The van der Waals surface area contributed by atoms with E-state index in [4.69, 9.17) is 10.5 Å². The van der Waals surface area contributed by atoms with Gasteiger partial charge in [0, 0.05) is 22.9 Å². The van der Waals surface area contributed by atoms with Crippen LogP contribution in [0.25, 0.3) is 0 Å². The van der Waals surface area contributed by atoms with Crippen LogP contribution in [0.4, 0.5) is 0 Å². The average molecular weight is 322 g/mol. The van der Waals surface area contributed by atoms with Crippen molar-refractivity contribution < 1.29 is 4.74 Å². The predicted molar refractivity (Wildman–Crippen MR) is 78.3 cm³/mol. The number of aryl methyl sites for hydroxylation is 1. The fraction of sp³-hybridized carbons (Fsp3) is 0.286. The van der Waals surface area contributed by atoms with Crippen molar-refractivity contribution >= 4 is 15.9 Å². The first kappa shape index (κ1) is 14.0. The topological polar surface area (TPSA) is 61.0 Å². The smallest absolute Gasteiger partial charge is 0.321 e. The minimum atomic E-state index is 0.0997. The first-order chi connectivity index (χ1) is 9.04. The molecule has 0 saturated heterocycles. The summed E-state index contributed by atoms with van der Waals surface area (Å²) in [6, 6.07) is 6.28. The van der Waals surface area contributed by atoms with Gasteiger partial charge < -0.3 is 10.5 Å². The Balaban J connectivity index is 2.13. The van der Waals surface area contributed by atoms with Gasteiger partial charge in [-0.1, -0.05) is 22.0 Å². The van der Waals surface area contributed by atoms with Crippen LogP contribution >= 0.6 is 15.9 Å². The zero-order chi connectivity index (χ0) is 13.8. The molecule has 0 amide bonds. The van der Waals surface area contributed by atoms with E-state index in [1.807, 2.05) is 32.0 Å². The molecule has 0 radical (unpaired) electrons. The zero-order valence-corrected chi connectivity index (χ0v) is 12.5. The fourth-order valence-electron chi connectivity index (χ4n) is 1.66. The second-order valence-electron chi connectivity index (χ2n) is 4.57. The van der Waals surface area contributed by atoms with Crippen LogP contribution in [0.3, 0.4) is 0 Å². The third-order valence-electron chi connectivity index (χ3n) is 2.59. The van der Waals surface area contributed by atoms with Gasteiger partial charge in [0.25, 0.3) is 0 Å². The molecule has 2 rings (SSSR count). The molecule has 0 aliphatic carbocycles. The molecule has 2 aromatic rings. The van der Waals surface area contributed by atoms with Gasteiger partial charge in [0.05, 0.1) is 0 Å². The van der Waals surface area contributed by atoms with E-state index in [-0.39, 0.29) is 6.04 Å². The predicted octanol–water partition coefficient (Wildman–Crippen LogP) is 3.23. The SMILES string of the molecule is Cc1ccc(Br)cc1Oc1ncc(CC(C)N)cn1. The molecule has 0 spiro atoms. The van der Waals surface area contributed by atoms with Gasteiger partial charge in [0.1, 0.15) is 5.75 Å². The van der Waals surface area contributed by atoms with Gasteiger partial charge in [-0.15, -0.1) is 0 Å². The van der Waals surface area contributed by atoms with Gasteiger partial charge in [-0.05, 0) is 43.5 Å². The summed E-state index contributed by atoms with van der Waals surface area (Å²) in [7, 11) is 0. The number of rotatable bonds is 4. The summed E-state index contributed by atoms with van der Waals surface area (Å²) >= 11 is 3.41. The van der Waals surface area contributed by atoms with Crippen LogP contribution in [-0.4, -0.2) is 16.0 Å². The lowest BCUT2D eigenvalue weighted by Crippen LogP contribution is -2.17. The van der Waals surface area contributed by atoms with Gasteiger partial charge >= 0.3 is 6.01 Å². The standard InChI is InChI=1S/C14H16BrN3O/c1-9-3-4-12(15)6-13(9)19-14-17-7-11(8-18-14)5-10(2)16/h3-4,6-8,10H,5,16H2,1-2H3. The van der Waals surface area contributed by atoms with E-state index in [0.717, 1.165) is 27.8 Å². The van der Waals surface area contributed by atoms with Crippen molar-refractivity contribution in [3.8, 4) is 11.8 Å². The highest BCUT2D eigenvalue weighted by atomic mass is 79.9. The Bertz CT molecular complexity index is 555. The van der Waals surface area contributed by atoms with E-state index >= 15 is 0 Å². The number of hydrogen-bond donors (Lipinski definition) is 1. The largest absolute Gasteiger partial charge is 0.424 e. The second-order valence-corrected chi connectivity index (χ2v) is 5.48. The Labute approximate surface area is 121 Å². The second kappa shape index (κ2) is 6.12. The summed E-state index contributed by atoms with van der Waals surface area (Å²) in [6.45, 7) is 3.93. The van der Waals surface area contributed by atoms with Crippen LogP contribution in [0.15, 0.2) is 35.1 Å². The molecule has 1 heterocycles. The molecule has 1 unspecified atom stereocenters. The minimum absolute atomic E-state index is 0.0997. The van der Waals surface area contributed by atoms with Gasteiger partial charge in [0.15, 0.2) is 0 Å². The van der Waals surface area contributed by atoms with E-state index < -0.39 is 0 Å². The lowest BCUT2D eigenvalue weighted by molar-refractivity contribution is 0.437. The van der Waals surface area contributed by atoms with E-state index in [1.165, 1.54) is 0 Å². The zero-order valence-electron chi connectivity index (χ0n) is 10.9. The summed E-state index contributed by atoms with van der Waals surface area (Å²) in [5.41, 5.74) is 7.77. The minimum Gasteiger partial charge on any atom is -0.424 e. The maximum Gasteiger partial charge on any atom is 0.321 e. The number of nitrogens with two attached hydrogens (primary N) is 1. The number of ether oxygens (including phenoxy) is 1. The maximum atomic E-state index is 5.73. The summed E-state index contributed by atoms with van der Waals surface area (Å²) < 4.78 is 6.63. The molecular weight excluding hydrogens is 306 g/mol. The average Bonchev–Trinajstić information content (AvgIpc) is 2.35. The number of hydrogen-bond acceptors (Lipinski definition) is 4. The highest BCUT2D eigenvalue weighted by Gasteiger charge is 2.05. The van der Waals surface area contributed by atoms with Crippen LogP contribution in [0.1, 0.15) is 18.1 Å². The molecular formula is C14H16BrN3O. The summed E-state index contributed by atoms with van der Waals surface area (Å²) in [6.07, 6.45) is 4.26. The van der Waals surface area contributed by atoms with E-state index in [9.17, 15) is 0 Å². The van der Waals surface area contributed by atoms with Crippen LogP contribution in [0.5, 0.6) is 11.8 Å². The van der Waals surface area contributed by atoms with E-state index in [0.29, 0.717) is 6.01 Å². The molecule has 0 fully saturated rings. The maximum absolute atomic E-state index is 5.73. The van der Waals surface area contributed by atoms with Gasteiger partial charge in [-0.3, -0.25) is 0 Å². The molecule has 1 aromatic heterocycles. The Morgan fingerprint density at radius 1 is 1.32 bits per heavy atom. The van der Waals surface area contributed by atoms with E-state index in [1.54, 1.807) is 12.4 Å². The van der Waals surface area contributed by atoms with Crippen LogP contribution in [-0.2, 0) is 6.42 Å². The third-order valence-corrected chi connectivity index (χ3v) is 3.08. The molecule has 0 aliphatic rings. The Kier molecular flexibility index (Phi) is 4.50. The normalized spacial score (nSPS) is 12.2. The summed E-state index contributed by atoms with van der Waals surface area (Å²) in [4.78, 5) is 8.39. The van der Waals surface area contributed by atoms with Crippen molar-refractivity contribution in [3.05, 3.63) is 46.2 Å². The molecule has 2 N–H and O–H groups in total. The molecule has 0 aliphatic heterocycles. The van der Waals surface area contributed by atoms with Crippen LogP contribution in [0.2, 0.25) is 0 Å². The van der Waals surface area contributed by atoms with Crippen molar-refractivity contribution in [2.45, 2.75) is 26.3 Å².